The van der Waals surface area contributed by atoms with E-state index in [0.717, 1.165) is 18.7 Å². The molecule has 2 saturated heterocycles. The van der Waals surface area contributed by atoms with E-state index < -0.39 is 0 Å². The molecule has 0 radical (unpaired) electrons. The van der Waals surface area contributed by atoms with Gasteiger partial charge in [0.1, 0.15) is 0 Å². The zero-order valence-electron chi connectivity index (χ0n) is 10.0. The molecule has 2 rings (SSSR count). The standard InChI is InChI=1S/C13H25NO/c1-11-5-2-6-12(14-11)7-3-8-13-9-4-10-15-13/h11-14H,2-10H2,1H3. The summed E-state index contributed by atoms with van der Waals surface area (Å²) in [6, 6.07) is 1.53. The minimum absolute atomic E-state index is 0.589. The first-order valence-corrected chi connectivity index (χ1v) is 6.72. The summed E-state index contributed by atoms with van der Waals surface area (Å²) in [5.41, 5.74) is 0. The Balaban J connectivity index is 1.56. The van der Waals surface area contributed by atoms with Crippen molar-refractivity contribution >= 4 is 0 Å². The first kappa shape index (κ1) is 11.4. The lowest BCUT2D eigenvalue weighted by atomic mass is 9.95. The van der Waals surface area contributed by atoms with Gasteiger partial charge >= 0.3 is 0 Å². The predicted molar refractivity (Wildman–Crippen MR) is 63.1 cm³/mol. The lowest BCUT2D eigenvalue weighted by molar-refractivity contribution is 0.101. The maximum atomic E-state index is 5.64. The zero-order chi connectivity index (χ0) is 10.5. The van der Waals surface area contributed by atoms with Gasteiger partial charge < -0.3 is 10.1 Å². The fourth-order valence-corrected chi connectivity index (χ4v) is 2.93. The van der Waals surface area contributed by atoms with Gasteiger partial charge in [-0.2, -0.15) is 0 Å². The molecule has 0 bridgehead atoms. The topological polar surface area (TPSA) is 21.3 Å². The Kier molecular flexibility index (Phi) is 4.45. The number of piperidine rings is 1. The molecular weight excluding hydrogens is 186 g/mol. The van der Waals surface area contributed by atoms with Crippen LogP contribution in [-0.4, -0.2) is 24.8 Å². The molecule has 2 aliphatic rings. The fraction of sp³-hybridized carbons (Fsp3) is 1.00. The molecule has 0 saturated carbocycles. The summed E-state index contributed by atoms with van der Waals surface area (Å²) < 4.78 is 5.64. The van der Waals surface area contributed by atoms with Gasteiger partial charge in [-0.15, -0.1) is 0 Å². The molecule has 0 aromatic carbocycles. The van der Waals surface area contributed by atoms with Gasteiger partial charge in [0, 0.05) is 18.7 Å². The summed E-state index contributed by atoms with van der Waals surface area (Å²) in [5.74, 6) is 0. The number of rotatable bonds is 4. The Hall–Kier alpha value is -0.0800. The first-order chi connectivity index (χ1) is 7.34. The highest BCUT2D eigenvalue weighted by molar-refractivity contribution is 4.78. The van der Waals surface area contributed by atoms with Crippen molar-refractivity contribution < 1.29 is 4.74 Å². The highest BCUT2D eigenvalue weighted by Crippen LogP contribution is 2.21. The van der Waals surface area contributed by atoms with Crippen LogP contribution in [0.1, 0.15) is 58.3 Å². The second kappa shape index (κ2) is 5.86. The molecule has 0 aromatic rings. The van der Waals surface area contributed by atoms with Crippen LogP contribution in [0.3, 0.4) is 0 Å². The molecule has 2 nitrogen and oxygen atoms in total. The van der Waals surface area contributed by atoms with Crippen molar-refractivity contribution in [1.29, 1.82) is 0 Å². The molecule has 0 amide bonds. The Morgan fingerprint density at radius 2 is 2.07 bits per heavy atom. The van der Waals surface area contributed by atoms with E-state index in [1.807, 2.05) is 0 Å². The van der Waals surface area contributed by atoms with E-state index in [1.165, 1.54) is 51.4 Å². The minimum Gasteiger partial charge on any atom is -0.378 e. The lowest BCUT2D eigenvalue weighted by Gasteiger charge is -2.29. The summed E-state index contributed by atoms with van der Waals surface area (Å²) in [7, 11) is 0. The van der Waals surface area contributed by atoms with Crippen LogP contribution in [0.5, 0.6) is 0 Å². The summed E-state index contributed by atoms with van der Waals surface area (Å²) >= 11 is 0. The second-order valence-corrected chi connectivity index (χ2v) is 5.26. The van der Waals surface area contributed by atoms with Crippen molar-refractivity contribution in [2.75, 3.05) is 6.61 Å². The van der Waals surface area contributed by atoms with Gasteiger partial charge in [0.2, 0.25) is 0 Å². The largest absolute Gasteiger partial charge is 0.378 e. The summed E-state index contributed by atoms with van der Waals surface area (Å²) in [6.45, 7) is 3.32. The molecule has 3 unspecified atom stereocenters. The molecule has 15 heavy (non-hydrogen) atoms. The van der Waals surface area contributed by atoms with Gasteiger partial charge in [0.15, 0.2) is 0 Å². The van der Waals surface area contributed by atoms with Crippen LogP contribution in [0.4, 0.5) is 0 Å². The number of nitrogens with one attached hydrogen (secondary N) is 1. The van der Waals surface area contributed by atoms with Crippen molar-refractivity contribution in [3.05, 3.63) is 0 Å². The third-order valence-corrected chi connectivity index (χ3v) is 3.81. The van der Waals surface area contributed by atoms with Gasteiger partial charge in [0.05, 0.1) is 6.10 Å². The molecule has 88 valence electrons. The molecule has 2 heteroatoms. The Morgan fingerprint density at radius 3 is 2.80 bits per heavy atom. The number of ether oxygens (including phenoxy) is 1. The quantitative estimate of drug-likeness (QED) is 0.772. The third kappa shape index (κ3) is 3.76. The second-order valence-electron chi connectivity index (χ2n) is 5.26. The van der Waals surface area contributed by atoms with Gasteiger partial charge in [-0.3, -0.25) is 0 Å². The Morgan fingerprint density at radius 1 is 1.13 bits per heavy atom. The maximum Gasteiger partial charge on any atom is 0.0576 e. The Bertz CT molecular complexity index is 177. The fourth-order valence-electron chi connectivity index (χ4n) is 2.93. The van der Waals surface area contributed by atoms with E-state index in [4.69, 9.17) is 4.74 Å². The summed E-state index contributed by atoms with van der Waals surface area (Å²) in [5, 5.41) is 3.70. The summed E-state index contributed by atoms with van der Waals surface area (Å²) in [6.07, 6.45) is 11.3. The van der Waals surface area contributed by atoms with E-state index in [-0.39, 0.29) is 0 Å². The van der Waals surface area contributed by atoms with E-state index in [0.29, 0.717) is 6.10 Å². The molecule has 0 spiro atoms. The van der Waals surface area contributed by atoms with Crippen LogP contribution in [0, 0.1) is 0 Å². The smallest absolute Gasteiger partial charge is 0.0576 e. The van der Waals surface area contributed by atoms with Gasteiger partial charge in [-0.05, 0) is 51.9 Å². The minimum atomic E-state index is 0.589. The molecule has 2 heterocycles. The monoisotopic (exact) mass is 211 g/mol. The maximum absolute atomic E-state index is 5.64. The third-order valence-electron chi connectivity index (χ3n) is 3.81. The van der Waals surface area contributed by atoms with Crippen LogP contribution >= 0.6 is 0 Å². The molecule has 2 aliphatic heterocycles. The average molecular weight is 211 g/mol. The van der Waals surface area contributed by atoms with Crippen LogP contribution in [-0.2, 0) is 4.74 Å². The van der Waals surface area contributed by atoms with Crippen molar-refractivity contribution in [2.24, 2.45) is 0 Å². The van der Waals surface area contributed by atoms with Gasteiger partial charge in [-0.1, -0.05) is 6.42 Å². The van der Waals surface area contributed by atoms with Crippen LogP contribution in [0.25, 0.3) is 0 Å². The molecular formula is C13H25NO. The van der Waals surface area contributed by atoms with Gasteiger partial charge in [0.25, 0.3) is 0 Å². The predicted octanol–water partition coefficient (Wildman–Crippen LogP) is 2.87. The molecule has 3 atom stereocenters. The molecule has 0 aromatic heterocycles. The zero-order valence-corrected chi connectivity index (χ0v) is 10.0. The van der Waals surface area contributed by atoms with E-state index in [2.05, 4.69) is 12.2 Å². The average Bonchev–Trinajstić information content (AvgIpc) is 2.71. The van der Waals surface area contributed by atoms with Crippen molar-refractivity contribution in [1.82, 2.24) is 5.32 Å². The van der Waals surface area contributed by atoms with E-state index in [9.17, 15) is 0 Å². The van der Waals surface area contributed by atoms with Crippen LogP contribution in [0.15, 0.2) is 0 Å². The molecule has 2 fully saturated rings. The normalized spacial score (nSPS) is 37.0. The highest BCUT2D eigenvalue weighted by atomic mass is 16.5. The number of hydrogen-bond acceptors (Lipinski definition) is 2. The van der Waals surface area contributed by atoms with Crippen molar-refractivity contribution in [3.8, 4) is 0 Å². The highest BCUT2D eigenvalue weighted by Gasteiger charge is 2.19. The van der Waals surface area contributed by atoms with Crippen LogP contribution < -0.4 is 5.32 Å². The van der Waals surface area contributed by atoms with Crippen LogP contribution in [0.2, 0.25) is 0 Å². The molecule has 1 N–H and O–H groups in total. The van der Waals surface area contributed by atoms with Crippen molar-refractivity contribution in [2.45, 2.75) is 76.5 Å². The first-order valence-electron chi connectivity index (χ1n) is 6.72. The molecule has 0 aliphatic carbocycles. The van der Waals surface area contributed by atoms with Crippen molar-refractivity contribution in [3.63, 3.8) is 0 Å². The summed E-state index contributed by atoms with van der Waals surface area (Å²) in [4.78, 5) is 0. The SMILES string of the molecule is CC1CCCC(CCCC2CCCO2)N1. The van der Waals surface area contributed by atoms with Gasteiger partial charge in [-0.25, -0.2) is 0 Å². The van der Waals surface area contributed by atoms with E-state index in [1.54, 1.807) is 0 Å². The number of hydrogen-bond donors (Lipinski definition) is 1. The lowest BCUT2D eigenvalue weighted by Crippen LogP contribution is -2.40. The Labute approximate surface area is 93.8 Å². The van der Waals surface area contributed by atoms with E-state index >= 15 is 0 Å².